The zero-order chi connectivity index (χ0) is 23.3. The third kappa shape index (κ3) is 5.26. The van der Waals surface area contributed by atoms with Crippen LogP contribution in [0.2, 0.25) is 0 Å². The average molecular weight is 481 g/mol. The molecule has 2 aliphatic heterocycles. The van der Waals surface area contributed by atoms with Crippen molar-refractivity contribution in [3.8, 4) is 5.69 Å². The zero-order valence-corrected chi connectivity index (χ0v) is 20.0. The highest BCUT2D eigenvalue weighted by atomic mass is 32.2. The quantitative estimate of drug-likeness (QED) is 0.483. The van der Waals surface area contributed by atoms with E-state index in [0.29, 0.717) is 18.8 Å². The molecule has 0 bridgehead atoms. The highest BCUT2D eigenvalue weighted by molar-refractivity contribution is 7.99. The van der Waals surface area contributed by atoms with Crippen LogP contribution in [0.1, 0.15) is 18.7 Å². The molecule has 3 heterocycles. The van der Waals surface area contributed by atoms with Crippen LogP contribution in [0, 0.1) is 5.82 Å². The van der Waals surface area contributed by atoms with Gasteiger partial charge < -0.3 is 9.80 Å². The Labute approximate surface area is 203 Å². The SMILES string of the molecule is O=C(CSc1nnc(CN2CCCC2)n1-c1ccccc1)N1CCN(c2ccc(F)cc2)CC1. The number of carbonyl (C=O) groups is 1. The van der Waals surface area contributed by atoms with Crippen LogP contribution in [-0.2, 0) is 11.3 Å². The lowest BCUT2D eigenvalue weighted by atomic mass is 10.2. The molecule has 2 aliphatic rings. The van der Waals surface area contributed by atoms with E-state index in [1.807, 2.05) is 23.1 Å². The summed E-state index contributed by atoms with van der Waals surface area (Å²) in [6.45, 7) is 5.73. The van der Waals surface area contributed by atoms with E-state index in [0.717, 1.165) is 55.1 Å². The van der Waals surface area contributed by atoms with Gasteiger partial charge in [-0.05, 0) is 62.3 Å². The average Bonchev–Trinajstić information content (AvgIpc) is 3.54. The Hall–Kier alpha value is -2.91. The number of halogens is 1. The number of aromatic nitrogens is 3. The van der Waals surface area contributed by atoms with Crippen LogP contribution in [0.15, 0.2) is 59.8 Å². The molecule has 2 fully saturated rings. The molecule has 34 heavy (non-hydrogen) atoms. The van der Waals surface area contributed by atoms with Gasteiger partial charge >= 0.3 is 0 Å². The van der Waals surface area contributed by atoms with E-state index in [9.17, 15) is 9.18 Å². The number of anilines is 1. The molecule has 0 unspecified atom stereocenters. The molecule has 2 saturated heterocycles. The second-order valence-corrected chi connectivity index (χ2v) is 9.63. The van der Waals surface area contributed by atoms with Gasteiger partial charge in [0.05, 0.1) is 12.3 Å². The van der Waals surface area contributed by atoms with Gasteiger partial charge in [0.15, 0.2) is 11.0 Å². The summed E-state index contributed by atoms with van der Waals surface area (Å²) in [5.74, 6) is 1.11. The van der Waals surface area contributed by atoms with Crippen molar-refractivity contribution < 1.29 is 9.18 Å². The van der Waals surface area contributed by atoms with Gasteiger partial charge in [-0.3, -0.25) is 14.3 Å². The number of hydrogen-bond donors (Lipinski definition) is 0. The molecule has 178 valence electrons. The Balaban J connectivity index is 1.22. The van der Waals surface area contributed by atoms with Gasteiger partial charge in [-0.2, -0.15) is 0 Å². The summed E-state index contributed by atoms with van der Waals surface area (Å²) < 4.78 is 15.3. The van der Waals surface area contributed by atoms with Crippen LogP contribution in [0.3, 0.4) is 0 Å². The molecule has 1 aromatic heterocycles. The molecule has 1 amide bonds. The van der Waals surface area contributed by atoms with Crippen LogP contribution in [0.5, 0.6) is 0 Å². The van der Waals surface area contributed by atoms with Gasteiger partial charge in [0, 0.05) is 37.6 Å². The molecule has 0 saturated carbocycles. The van der Waals surface area contributed by atoms with E-state index in [1.54, 1.807) is 12.1 Å². The van der Waals surface area contributed by atoms with Crippen molar-refractivity contribution in [2.45, 2.75) is 24.5 Å². The van der Waals surface area contributed by atoms with Crippen LogP contribution in [-0.4, -0.2) is 75.5 Å². The van der Waals surface area contributed by atoms with Gasteiger partial charge in [0.1, 0.15) is 5.82 Å². The molecule has 0 radical (unpaired) electrons. The number of likely N-dealkylation sites (tertiary alicyclic amines) is 1. The van der Waals surface area contributed by atoms with Gasteiger partial charge in [0.2, 0.25) is 5.91 Å². The minimum Gasteiger partial charge on any atom is -0.368 e. The number of piperazine rings is 1. The largest absolute Gasteiger partial charge is 0.368 e. The van der Waals surface area contributed by atoms with Crippen molar-refractivity contribution in [1.29, 1.82) is 0 Å². The lowest BCUT2D eigenvalue weighted by Gasteiger charge is -2.36. The number of para-hydroxylation sites is 1. The number of nitrogens with zero attached hydrogens (tertiary/aromatic N) is 6. The van der Waals surface area contributed by atoms with Gasteiger partial charge in [-0.25, -0.2) is 4.39 Å². The Morgan fingerprint density at radius 1 is 0.853 bits per heavy atom. The Kier molecular flexibility index (Phi) is 7.10. The topological polar surface area (TPSA) is 57.5 Å². The predicted octanol–water partition coefficient (Wildman–Crippen LogP) is 3.44. The number of carbonyl (C=O) groups excluding carboxylic acids is 1. The van der Waals surface area contributed by atoms with E-state index >= 15 is 0 Å². The first kappa shape index (κ1) is 22.9. The summed E-state index contributed by atoms with van der Waals surface area (Å²) in [6, 6.07) is 16.7. The van der Waals surface area contributed by atoms with E-state index in [-0.39, 0.29) is 11.7 Å². The Morgan fingerprint density at radius 3 is 2.26 bits per heavy atom. The molecule has 5 rings (SSSR count). The van der Waals surface area contributed by atoms with E-state index in [1.165, 1.54) is 36.7 Å². The fourth-order valence-electron chi connectivity index (χ4n) is 4.56. The van der Waals surface area contributed by atoms with Crippen LogP contribution < -0.4 is 4.90 Å². The third-order valence-electron chi connectivity index (χ3n) is 6.43. The lowest BCUT2D eigenvalue weighted by molar-refractivity contribution is -0.128. The van der Waals surface area contributed by atoms with Gasteiger partial charge in [-0.15, -0.1) is 10.2 Å². The monoisotopic (exact) mass is 480 g/mol. The van der Waals surface area contributed by atoms with Crippen molar-refractivity contribution >= 4 is 23.4 Å². The van der Waals surface area contributed by atoms with Crippen LogP contribution >= 0.6 is 11.8 Å². The summed E-state index contributed by atoms with van der Waals surface area (Å²) in [5, 5.41) is 9.69. The number of thioether (sulfide) groups is 1. The normalized spacial score (nSPS) is 16.9. The molecule has 0 N–H and O–H groups in total. The molecule has 2 aromatic carbocycles. The Morgan fingerprint density at radius 2 is 1.56 bits per heavy atom. The number of benzene rings is 2. The van der Waals surface area contributed by atoms with Gasteiger partial charge in [-0.1, -0.05) is 30.0 Å². The molecule has 7 nitrogen and oxygen atoms in total. The maximum Gasteiger partial charge on any atom is 0.233 e. The summed E-state index contributed by atoms with van der Waals surface area (Å²) >= 11 is 1.45. The summed E-state index contributed by atoms with van der Waals surface area (Å²) in [5.41, 5.74) is 2.01. The maximum absolute atomic E-state index is 13.2. The van der Waals surface area contributed by atoms with E-state index < -0.39 is 0 Å². The second-order valence-electron chi connectivity index (χ2n) is 8.69. The van der Waals surface area contributed by atoms with E-state index in [4.69, 9.17) is 0 Å². The number of amides is 1. The minimum absolute atomic E-state index is 0.104. The predicted molar refractivity (Wildman–Crippen MR) is 132 cm³/mol. The fourth-order valence-corrected chi connectivity index (χ4v) is 5.43. The number of hydrogen-bond acceptors (Lipinski definition) is 6. The Bertz CT molecular complexity index is 1090. The molecular formula is C25H29FN6OS. The molecule has 0 atom stereocenters. The first-order valence-corrected chi connectivity index (χ1v) is 12.8. The first-order chi connectivity index (χ1) is 16.7. The van der Waals surface area contributed by atoms with E-state index in [2.05, 4.69) is 36.7 Å². The first-order valence-electron chi connectivity index (χ1n) is 11.8. The van der Waals surface area contributed by atoms with Crippen molar-refractivity contribution in [3.63, 3.8) is 0 Å². The third-order valence-corrected chi connectivity index (χ3v) is 7.34. The maximum atomic E-state index is 13.2. The minimum atomic E-state index is -0.235. The van der Waals surface area contributed by atoms with Crippen molar-refractivity contribution in [2.75, 3.05) is 49.9 Å². The van der Waals surface area contributed by atoms with Crippen molar-refractivity contribution in [1.82, 2.24) is 24.6 Å². The lowest BCUT2D eigenvalue weighted by Crippen LogP contribution is -2.49. The molecule has 0 aliphatic carbocycles. The van der Waals surface area contributed by atoms with Crippen molar-refractivity contribution in [2.24, 2.45) is 0 Å². The molecular weight excluding hydrogens is 451 g/mol. The van der Waals surface area contributed by atoms with Crippen LogP contribution in [0.25, 0.3) is 5.69 Å². The smallest absolute Gasteiger partial charge is 0.233 e. The standard InChI is InChI=1S/C25H29FN6OS/c26-20-8-10-21(11-9-20)30-14-16-31(17-15-30)24(33)19-34-25-28-27-23(18-29-12-4-5-13-29)32(25)22-6-2-1-3-7-22/h1-3,6-11H,4-5,12-19H2. The summed E-state index contributed by atoms with van der Waals surface area (Å²) in [4.78, 5) is 19.5. The van der Waals surface area contributed by atoms with Crippen LogP contribution in [0.4, 0.5) is 10.1 Å². The molecule has 3 aromatic rings. The molecule has 0 spiro atoms. The highest BCUT2D eigenvalue weighted by Gasteiger charge is 2.24. The summed E-state index contributed by atoms with van der Waals surface area (Å²) in [6.07, 6.45) is 2.45. The summed E-state index contributed by atoms with van der Waals surface area (Å²) in [7, 11) is 0. The molecule has 9 heteroatoms. The zero-order valence-electron chi connectivity index (χ0n) is 19.1. The number of rotatable bonds is 7. The second kappa shape index (κ2) is 10.6. The fraction of sp³-hybridized carbons (Fsp3) is 0.400. The van der Waals surface area contributed by atoms with Gasteiger partial charge in [0.25, 0.3) is 0 Å². The van der Waals surface area contributed by atoms with Crippen molar-refractivity contribution in [3.05, 3.63) is 66.2 Å². The highest BCUT2D eigenvalue weighted by Crippen LogP contribution is 2.24.